The van der Waals surface area contributed by atoms with Crippen LogP contribution in [-0.4, -0.2) is 29.6 Å². The Morgan fingerprint density at radius 2 is 1.65 bits per heavy atom. The van der Waals surface area contributed by atoms with Gasteiger partial charge in [-0.15, -0.1) is 0 Å². The molecule has 0 aliphatic rings. The average Bonchev–Trinajstić information content (AvgIpc) is 2.59. The summed E-state index contributed by atoms with van der Waals surface area (Å²) in [5.74, 6) is 0. The van der Waals surface area contributed by atoms with E-state index in [4.69, 9.17) is 11.6 Å². The molecule has 0 amide bonds. The van der Waals surface area contributed by atoms with Gasteiger partial charge in [-0.25, -0.2) is 0 Å². The average molecular weight is 328 g/mol. The molecule has 0 fully saturated rings. The van der Waals surface area contributed by atoms with Gasteiger partial charge in [0.05, 0.1) is 6.10 Å². The van der Waals surface area contributed by atoms with Crippen LogP contribution in [0.1, 0.15) is 25.5 Å². The van der Waals surface area contributed by atoms with Gasteiger partial charge in [-0.3, -0.25) is 0 Å². The molecule has 0 saturated heterocycles. The molecule has 120 valence electrons. The molecule has 0 spiro atoms. The number of fused-ring (bicyclic) bond motifs is 3. The topological polar surface area (TPSA) is 23.5 Å². The number of hydrogen-bond acceptors (Lipinski definition) is 2. The summed E-state index contributed by atoms with van der Waals surface area (Å²) in [6, 6.07) is 16.3. The molecule has 0 aliphatic carbocycles. The SMILES string of the molecule is CCN(CC)C[C@H](O)c1ccc2cc(Cl)c3ccccc3c2c1. The van der Waals surface area contributed by atoms with Crippen LogP contribution in [0.5, 0.6) is 0 Å². The van der Waals surface area contributed by atoms with E-state index < -0.39 is 6.10 Å². The summed E-state index contributed by atoms with van der Waals surface area (Å²) >= 11 is 6.39. The summed E-state index contributed by atoms with van der Waals surface area (Å²) in [4.78, 5) is 2.23. The molecule has 0 unspecified atom stereocenters. The van der Waals surface area contributed by atoms with Crippen molar-refractivity contribution in [3.63, 3.8) is 0 Å². The van der Waals surface area contributed by atoms with E-state index in [-0.39, 0.29) is 0 Å². The highest BCUT2D eigenvalue weighted by atomic mass is 35.5. The lowest BCUT2D eigenvalue weighted by Gasteiger charge is -2.22. The molecule has 3 aromatic rings. The first-order valence-corrected chi connectivity index (χ1v) is 8.53. The first-order chi connectivity index (χ1) is 11.1. The van der Waals surface area contributed by atoms with Gasteiger partial charge in [-0.05, 0) is 46.9 Å². The van der Waals surface area contributed by atoms with Gasteiger partial charge in [-0.1, -0.05) is 61.8 Å². The zero-order valence-electron chi connectivity index (χ0n) is 13.6. The van der Waals surface area contributed by atoms with E-state index in [2.05, 4.69) is 36.9 Å². The van der Waals surface area contributed by atoms with Crippen molar-refractivity contribution in [2.24, 2.45) is 0 Å². The number of halogens is 1. The lowest BCUT2D eigenvalue weighted by atomic mass is 9.98. The van der Waals surface area contributed by atoms with Crippen LogP contribution in [0, 0.1) is 0 Å². The van der Waals surface area contributed by atoms with Gasteiger partial charge in [-0.2, -0.15) is 0 Å². The predicted molar refractivity (Wildman–Crippen MR) is 99.2 cm³/mol. The molecule has 3 heteroatoms. The van der Waals surface area contributed by atoms with E-state index in [0.29, 0.717) is 6.54 Å². The third-order valence-corrected chi connectivity index (χ3v) is 4.86. The molecule has 0 bridgehead atoms. The summed E-state index contributed by atoms with van der Waals surface area (Å²) < 4.78 is 0. The molecule has 0 heterocycles. The van der Waals surface area contributed by atoms with Gasteiger partial charge in [0.1, 0.15) is 0 Å². The van der Waals surface area contributed by atoms with Gasteiger partial charge < -0.3 is 10.0 Å². The number of rotatable bonds is 5. The Morgan fingerprint density at radius 1 is 0.957 bits per heavy atom. The van der Waals surface area contributed by atoms with E-state index in [1.165, 1.54) is 0 Å². The molecule has 0 saturated carbocycles. The van der Waals surface area contributed by atoms with Crippen molar-refractivity contribution in [1.82, 2.24) is 4.90 Å². The molecule has 23 heavy (non-hydrogen) atoms. The lowest BCUT2D eigenvalue weighted by Crippen LogP contribution is -2.28. The number of likely N-dealkylation sites (N-methyl/N-ethyl adjacent to an activating group) is 1. The Bertz CT molecular complexity index is 826. The quantitative estimate of drug-likeness (QED) is 0.665. The summed E-state index contributed by atoms with van der Waals surface area (Å²) in [6.45, 7) is 6.78. The van der Waals surface area contributed by atoms with Crippen LogP contribution < -0.4 is 0 Å². The second-order valence-corrected chi connectivity index (χ2v) is 6.29. The first-order valence-electron chi connectivity index (χ1n) is 8.15. The van der Waals surface area contributed by atoms with E-state index in [1.807, 2.05) is 30.3 Å². The predicted octanol–water partition coefficient (Wildman–Crippen LogP) is 5.02. The highest BCUT2D eigenvalue weighted by molar-refractivity contribution is 6.37. The van der Waals surface area contributed by atoms with Crippen LogP contribution in [0.15, 0.2) is 48.5 Å². The Labute approximate surface area is 142 Å². The molecule has 1 N–H and O–H groups in total. The number of nitrogens with zero attached hydrogens (tertiary/aromatic N) is 1. The Balaban J connectivity index is 2.07. The molecule has 0 aliphatic heterocycles. The van der Waals surface area contributed by atoms with Gasteiger partial charge >= 0.3 is 0 Å². The summed E-state index contributed by atoms with van der Waals surface area (Å²) in [6.07, 6.45) is -0.478. The minimum atomic E-state index is -0.478. The molecule has 3 aromatic carbocycles. The molecular weight excluding hydrogens is 306 g/mol. The third kappa shape index (κ3) is 3.20. The minimum absolute atomic E-state index is 0.478. The van der Waals surface area contributed by atoms with Gasteiger partial charge in [0.2, 0.25) is 0 Å². The van der Waals surface area contributed by atoms with E-state index in [1.54, 1.807) is 0 Å². The standard InChI is InChI=1S/C20H22ClNO/c1-3-22(4-2)13-20(23)15-10-9-14-12-19(21)17-8-6-5-7-16(17)18(14)11-15/h5-12,20,23H,3-4,13H2,1-2H3/t20-/m0/s1. The zero-order valence-corrected chi connectivity index (χ0v) is 14.3. The van der Waals surface area contributed by atoms with Crippen molar-refractivity contribution in [3.8, 4) is 0 Å². The van der Waals surface area contributed by atoms with Crippen LogP contribution in [0.25, 0.3) is 21.5 Å². The van der Waals surface area contributed by atoms with Crippen molar-refractivity contribution in [2.75, 3.05) is 19.6 Å². The maximum atomic E-state index is 10.6. The van der Waals surface area contributed by atoms with Gasteiger partial charge in [0.25, 0.3) is 0 Å². The molecule has 3 rings (SSSR count). The fraction of sp³-hybridized carbons (Fsp3) is 0.300. The second-order valence-electron chi connectivity index (χ2n) is 5.89. The maximum absolute atomic E-state index is 10.6. The van der Waals surface area contributed by atoms with Gasteiger partial charge in [0, 0.05) is 17.0 Å². The highest BCUT2D eigenvalue weighted by Crippen LogP contribution is 2.33. The van der Waals surface area contributed by atoms with Crippen LogP contribution in [0.2, 0.25) is 5.02 Å². The van der Waals surface area contributed by atoms with Crippen molar-refractivity contribution < 1.29 is 5.11 Å². The zero-order chi connectivity index (χ0) is 16.4. The molecule has 0 aromatic heterocycles. The molecule has 0 radical (unpaired) electrons. The van der Waals surface area contributed by atoms with E-state index >= 15 is 0 Å². The first kappa shape index (κ1) is 16.3. The number of benzene rings is 3. The van der Waals surface area contributed by atoms with E-state index in [9.17, 15) is 5.11 Å². The van der Waals surface area contributed by atoms with Crippen molar-refractivity contribution in [2.45, 2.75) is 20.0 Å². The largest absolute Gasteiger partial charge is 0.387 e. The Morgan fingerprint density at radius 3 is 2.35 bits per heavy atom. The van der Waals surface area contributed by atoms with Crippen LogP contribution in [0.4, 0.5) is 0 Å². The van der Waals surface area contributed by atoms with Crippen molar-refractivity contribution in [1.29, 1.82) is 0 Å². The van der Waals surface area contributed by atoms with Crippen LogP contribution in [-0.2, 0) is 0 Å². The Kier molecular flexibility index (Phi) is 4.86. The normalized spacial score (nSPS) is 13.1. The smallest absolute Gasteiger partial charge is 0.0917 e. The fourth-order valence-electron chi connectivity index (χ4n) is 3.11. The second kappa shape index (κ2) is 6.88. The summed E-state index contributed by atoms with van der Waals surface area (Å²) in [5, 5.41) is 15.8. The highest BCUT2D eigenvalue weighted by Gasteiger charge is 2.13. The fourth-order valence-corrected chi connectivity index (χ4v) is 3.39. The van der Waals surface area contributed by atoms with Gasteiger partial charge in [0.15, 0.2) is 0 Å². The molecular formula is C20H22ClNO. The third-order valence-electron chi connectivity index (χ3n) is 4.54. The number of aliphatic hydroxyl groups is 1. The van der Waals surface area contributed by atoms with Crippen LogP contribution in [0.3, 0.4) is 0 Å². The summed E-state index contributed by atoms with van der Waals surface area (Å²) in [7, 11) is 0. The number of hydrogen-bond donors (Lipinski definition) is 1. The summed E-state index contributed by atoms with van der Waals surface area (Å²) in [5.41, 5.74) is 0.955. The Hall–Kier alpha value is -1.61. The maximum Gasteiger partial charge on any atom is 0.0917 e. The number of aliphatic hydroxyl groups excluding tert-OH is 1. The lowest BCUT2D eigenvalue weighted by molar-refractivity contribution is 0.119. The van der Waals surface area contributed by atoms with Crippen molar-refractivity contribution in [3.05, 3.63) is 59.1 Å². The van der Waals surface area contributed by atoms with Crippen LogP contribution >= 0.6 is 11.6 Å². The van der Waals surface area contributed by atoms with Crippen molar-refractivity contribution >= 4 is 33.1 Å². The monoisotopic (exact) mass is 327 g/mol. The molecule has 1 atom stereocenters. The molecule has 2 nitrogen and oxygen atoms in total. The van der Waals surface area contributed by atoms with E-state index in [0.717, 1.165) is 45.2 Å². The minimum Gasteiger partial charge on any atom is -0.387 e.